The lowest BCUT2D eigenvalue weighted by Crippen LogP contribution is -2.58. The van der Waals surface area contributed by atoms with Crippen molar-refractivity contribution < 1.29 is 29.1 Å². The maximum atomic E-state index is 13.8. The molecule has 0 fully saturated rings. The molecule has 1 heterocycles. The van der Waals surface area contributed by atoms with E-state index in [0.29, 0.717) is 5.75 Å². The Bertz CT molecular complexity index is 1230. The van der Waals surface area contributed by atoms with Crippen molar-refractivity contribution in [2.45, 2.75) is 50.7 Å². The molecule has 0 radical (unpaired) electrons. The second kappa shape index (κ2) is 13.1. The van der Waals surface area contributed by atoms with E-state index >= 15 is 0 Å². The summed E-state index contributed by atoms with van der Waals surface area (Å²) in [6.45, 7) is 6.97. The molecule has 1 aliphatic rings. The van der Waals surface area contributed by atoms with Crippen molar-refractivity contribution in [1.29, 1.82) is 0 Å². The number of fused-ring (bicyclic) bond motifs is 1. The predicted molar refractivity (Wildman–Crippen MR) is 154 cm³/mol. The first kappa shape index (κ1) is 30.9. The SMILES string of the molecule is CNC(=O)[C@H](NC(=O)[C@H](CC(C)C)C(CN1C(=O)c2ccccc2C1=O)C(=O)O)C(C)(C)SCc1ccccc1. The van der Waals surface area contributed by atoms with Gasteiger partial charge in [0.15, 0.2) is 0 Å². The molecule has 0 spiro atoms. The van der Waals surface area contributed by atoms with Crippen LogP contribution >= 0.6 is 11.8 Å². The monoisotopic (exact) mass is 567 g/mol. The van der Waals surface area contributed by atoms with Gasteiger partial charge in [0.1, 0.15) is 6.04 Å². The molecule has 2 aromatic carbocycles. The molecule has 1 aliphatic heterocycles. The summed E-state index contributed by atoms with van der Waals surface area (Å²) in [5, 5.41) is 15.6. The van der Waals surface area contributed by atoms with Gasteiger partial charge in [-0.2, -0.15) is 0 Å². The summed E-state index contributed by atoms with van der Waals surface area (Å²) in [5.41, 5.74) is 1.48. The van der Waals surface area contributed by atoms with Crippen LogP contribution in [0, 0.1) is 17.8 Å². The summed E-state index contributed by atoms with van der Waals surface area (Å²) in [6, 6.07) is 15.1. The molecule has 1 unspecified atom stereocenters. The number of rotatable bonds is 13. The Labute approximate surface area is 239 Å². The second-order valence-electron chi connectivity index (χ2n) is 10.9. The minimum absolute atomic E-state index is 0.0707. The number of thioether (sulfide) groups is 1. The van der Waals surface area contributed by atoms with Crippen molar-refractivity contribution in [2.24, 2.45) is 17.8 Å². The minimum Gasteiger partial charge on any atom is -0.481 e. The highest BCUT2D eigenvalue weighted by Crippen LogP contribution is 2.33. The van der Waals surface area contributed by atoms with E-state index in [1.165, 1.54) is 30.9 Å². The number of carbonyl (C=O) groups excluding carboxylic acids is 4. The summed E-state index contributed by atoms with van der Waals surface area (Å²) >= 11 is 1.50. The molecule has 3 atom stereocenters. The number of carboxylic acid groups (broad SMARTS) is 1. The summed E-state index contributed by atoms with van der Waals surface area (Å²) in [5.74, 6) is -5.42. The van der Waals surface area contributed by atoms with Crippen LogP contribution in [0.1, 0.15) is 60.4 Å². The quantitative estimate of drug-likeness (QED) is 0.315. The number of carboxylic acids is 1. The molecule has 10 heteroatoms. The van der Waals surface area contributed by atoms with E-state index in [1.54, 1.807) is 12.1 Å². The largest absolute Gasteiger partial charge is 0.481 e. The van der Waals surface area contributed by atoms with E-state index in [1.807, 2.05) is 58.0 Å². The molecular formula is C30H37N3O6S. The first-order chi connectivity index (χ1) is 18.9. The van der Waals surface area contributed by atoms with Gasteiger partial charge in [0.2, 0.25) is 11.8 Å². The van der Waals surface area contributed by atoms with Crippen molar-refractivity contribution in [3.63, 3.8) is 0 Å². The van der Waals surface area contributed by atoms with Crippen LogP contribution in [-0.4, -0.2) is 64.0 Å². The Balaban J connectivity index is 1.86. The molecule has 3 N–H and O–H groups in total. The van der Waals surface area contributed by atoms with Crippen LogP contribution in [-0.2, 0) is 20.1 Å². The van der Waals surface area contributed by atoms with Gasteiger partial charge in [-0.1, -0.05) is 56.3 Å². The standard InChI is InChI=1S/C30H37N3O6S/c1-18(2)15-22(23(29(38)39)16-33-27(36)20-13-9-10-14-21(20)28(33)37)25(34)32-24(26(35)31-5)30(3,4)40-17-19-11-7-6-8-12-19/h6-14,18,22-24H,15-17H2,1-5H3,(H,31,35)(H,32,34)(H,38,39)/t22-,23?,24+/m1/s1. The fourth-order valence-electron chi connectivity index (χ4n) is 4.82. The van der Waals surface area contributed by atoms with E-state index in [0.717, 1.165) is 10.5 Å². The fraction of sp³-hybridized carbons (Fsp3) is 0.433. The average molecular weight is 568 g/mol. The molecule has 2 aromatic rings. The maximum Gasteiger partial charge on any atom is 0.309 e. The van der Waals surface area contributed by atoms with Crippen molar-refractivity contribution in [2.75, 3.05) is 13.6 Å². The number of carbonyl (C=O) groups is 5. The van der Waals surface area contributed by atoms with Gasteiger partial charge in [-0.3, -0.25) is 28.9 Å². The van der Waals surface area contributed by atoms with Gasteiger partial charge in [-0.05, 0) is 43.9 Å². The van der Waals surface area contributed by atoms with E-state index < -0.39 is 58.8 Å². The lowest BCUT2D eigenvalue weighted by Gasteiger charge is -2.35. The first-order valence-electron chi connectivity index (χ1n) is 13.2. The third-order valence-corrected chi connectivity index (χ3v) is 8.52. The number of aliphatic carboxylic acids is 1. The molecule has 0 aromatic heterocycles. The number of nitrogens with one attached hydrogen (secondary N) is 2. The van der Waals surface area contributed by atoms with E-state index in [4.69, 9.17) is 0 Å². The van der Waals surface area contributed by atoms with Crippen molar-refractivity contribution >= 4 is 41.4 Å². The predicted octanol–water partition coefficient (Wildman–Crippen LogP) is 3.59. The molecule has 0 aliphatic carbocycles. The van der Waals surface area contributed by atoms with Gasteiger partial charge in [-0.25, -0.2) is 0 Å². The number of hydrogen-bond acceptors (Lipinski definition) is 6. The van der Waals surface area contributed by atoms with E-state index in [9.17, 15) is 29.1 Å². The summed E-state index contributed by atoms with van der Waals surface area (Å²) in [6.07, 6.45) is 0.185. The highest BCUT2D eigenvalue weighted by atomic mass is 32.2. The molecule has 0 saturated carbocycles. The smallest absolute Gasteiger partial charge is 0.309 e. The zero-order valence-electron chi connectivity index (χ0n) is 23.5. The average Bonchev–Trinajstić information content (AvgIpc) is 3.16. The number of imide groups is 1. The van der Waals surface area contributed by atoms with Crippen LogP contribution in [0.15, 0.2) is 54.6 Å². The third-order valence-electron chi connectivity index (χ3n) is 7.07. The summed E-state index contributed by atoms with van der Waals surface area (Å²) < 4.78 is -0.755. The lowest BCUT2D eigenvalue weighted by molar-refractivity contribution is -0.148. The van der Waals surface area contributed by atoms with Crippen LogP contribution in [0.4, 0.5) is 0 Å². The van der Waals surface area contributed by atoms with Gasteiger partial charge in [0.25, 0.3) is 11.8 Å². The molecular weight excluding hydrogens is 530 g/mol. The van der Waals surface area contributed by atoms with Crippen LogP contribution in [0.3, 0.4) is 0 Å². The zero-order valence-corrected chi connectivity index (χ0v) is 24.3. The topological polar surface area (TPSA) is 133 Å². The van der Waals surface area contributed by atoms with Crippen molar-refractivity contribution in [1.82, 2.24) is 15.5 Å². The van der Waals surface area contributed by atoms with Gasteiger partial charge in [0, 0.05) is 24.1 Å². The molecule has 40 heavy (non-hydrogen) atoms. The normalized spacial score (nSPS) is 15.4. The number of hydrogen-bond donors (Lipinski definition) is 3. The summed E-state index contributed by atoms with van der Waals surface area (Å²) in [7, 11) is 1.48. The van der Waals surface area contributed by atoms with Gasteiger partial charge in [0.05, 0.1) is 23.0 Å². The number of benzene rings is 2. The van der Waals surface area contributed by atoms with Crippen molar-refractivity contribution in [3.05, 3.63) is 71.3 Å². The maximum absolute atomic E-state index is 13.8. The molecule has 9 nitrogen and oxygen atoms in total. The Hall–Kier alpha value is -3.66. The Kier molecular flexibility index (Phi) is 10.1. The van der Waals surface area contributed by atoms with Crippen LogP contribution in [0.25, 0.3) is 0 Å². The number of amides is 4. The van der Waals surface area contributed by atoms with E-state index in [2.05, 4.69) is 10.6 Å². The third kappa shape index (κ3) is 7.10. The Morgan fingerprint density at radius 1 is 0.900 bits per heavy atom. The first-order valence-corrected chi connectivity index (χ1v) is 14.2. The highest BCUT2D eigenvalue weighted by molar-refractivity contribution is 7.99. The van der Waals surface area contributed by atoms with E-state index in [-0.39, 0.29) is 23.5 Å². The Morgan fingerprint density at radius 3 is 1.95 bits per heavy atom. The molecule has 0 saturated heterocycles. The van der Waals surface area contributed by atoms with Gasteiger partial charge < -0.3 is 15.7 Å². The zero-order chi connectivity index (χ0) is 29.6. The summed E-state index contributed by atoms with van der Waals surface area (Å²) in [4.78, 5) is 66.1. The van der Waals surface area contributed by atoms with Crippen molar-refractivity contribution in [3.8, 4) is 0 Å². The number of nitrogens with zero attached hydrogens (tertiary/aromatic N) is 1. The molecule has 4 amide bonds. The molecule has 0 bridgehead atoms. The lowest BCUT2D eigenvalue weighted by atomic mass is 9.83. The Morgan fingerprint density at radius 2 is 1.45 bits per heavy atom. The number of likely N-dealkylation sites (N-methyl/N-ethyl adjacent to an activating group) is 1. The molecule has 214 valence electrons. The van der Waals surface area contributed by atoms with Crippen LogP contribution < -0.4 is 10.6 Å². The molecule has 3 rings (SSSR count). The second-order valence-corrected chi connectivity index (χ2v) is 12.5. The van der Waals surface area contributed by atoms with Crippen LogP contribution in [0.5, 0.6) is 0 Å². The fourth-order valence-corrected chi connectivity index (χ4v) is 5.88. The van der Waals surface area contributed by atoms with Gasteiger partial charge >= 0.3 is 5.97 Å². The van der Waals surface area contributed by atoms with Gasteiger partial charge in [-0.15, -0.1) is 11.8 Å². The highest BCUT2D eigenvalue weighted by Gasteiger charge is 2.44. The minimum atomic E-state index is -1.37. The van der Waals surface area contributed by atoms with Crippen LogP contribution in [0.2, 0.25) is 0 Å².